The van der Waals surface area contributed by atoms with Crippen molar-refractivity contribution in [2.24, 2.45) is 11.3 Å². The molecule has 2 aromatic carbocycles. The monoisotopic (exact) mass is 411 g/mol. The van der Waals surface area contributed by atoms with Gasteiger partial charge in [-0.25, -0.2) is 0 Å². The lowest BCUT2D eigenvalue weighted by molar-refractivity contribution is -0.487. The summed E-state index contributed by atoms with van der Waals surface area (Å²) in [6.07, 6.45) is -0.681. The molecule has 3 fully saturated rings. The Morgan fingerprint density at radius 2 is 1.27 bits per heavy atom. The highest BCUT2D eigenvalue weighted by Gasteiger charge is 2.58. The van der Waals surface area contributed by atoms with Crippen LogP contribution >= 0.6 is 0 Å². The molecule has 3 heterocycles. The van der Waals surface area contributed by atoms with E-state index in [1.54, 1.807) is 0 Å². The minimum absolute atomic E-state index is 0.0180. The Balaban J connectivity index is 1.70. The van der Waals surface area contributed by atoms with Gasteiger partial charge < -0.3 is 19.3 Å². The van der Waals surface area contributed by atoms with Crippen LogP contribution in [0.15, 0.2) is 60.7 Å². The van der Waals surface area contributed by atoms with Gasteiger partial charge in [-0.2, -0.15) is 0 Å². The molecule has 3 aliphatic heterocycles. The number of benzene rings is 2. The second-order valence-corrected chi connectivity index (χ2v) is 9.34. The van der Waals surface area contributed by atoms with Gasteiger partial charge >= 0.3 is 5.97 Å². The van der Waals surface area contributed by atoms with Gasteiger partial charge in [0, 0.05) is 18.5 Å². The van der Waals surface area contributed by atoms with Crippen LogP contribution in [-0.2, 0) is 27.3 Å². The van der Waals surface area contributed by atoms with Crippen molar-refractivity contribution in [3.05, 3.63) is 71.8 Å². The van der Waals surface area contributed by atoms with Crippen LogP contribution in [0.25, 0.3) is 0 Å². The topological polar surface area (TPSA) is 51.2 Å². The van der Waals surface area contributed by atoms with Crippen LogP contribution in [0.1, 0.15) is 31.9 Å². The molecule has 0 amide bonds. The number of ether oxygens (including phenoxy) is 3. The zero-order valence-corrected chi connectivity index (χ0v) is 18.2. The molecular formula is C25H33NO4. The quantitative estimate of drug-likeness (QED) is 0.716. The van der Waals surface area contributed by atoms with E-state index in [2.05, 4.69) is 36.1 Å². The van der Waals surface area contributed by atoms with Crippen LogP contribution in [-0.4, -0.2) is 47.9 Å². The lowest BCUT2D eigenvalue weighted by atomic mass is 9.88. The second kappa shape index (κ2) is 8.77. The Hall–Kier alpha value is -1.76. The summed E-state index contributed by atoms with van der Waals surface area (Å²) in [5.41, 5.74) is 2.21. The Labute approximate surface area is 179 Å². The molecule has 1 N–H and O–H groups in total. The van der Waals surface area contributed by atoms with Gasteiger partial charge in [0.2, 0.25) is 0 Å². The Bertz CT molecular complexity index is 744. The van der Waals surface area contributed by atoms with Crippen LogP contribution in [0.4, 0.5) is 0 Å². The summed E-state index contributed by atoms with van der Waals surface area (Å²) in [4.78, 5) is 2.24. The van der Waals surface area contributed by atoms with Crippen molar-refractivity contribution in [3.63, 3.8) is 0 Å². The van der Waals surface area contributed by atoms with Crippen LogP contribution in [0, 0.1) is 11.3 Å². The third-order valence-electron chi connectivity index (χ3n) is 6.08. The van der Waals surface area contributed by atoms with E-state index in [4.69, 9.17) is 14.2 Å². The molecule has 30 heavy (non-hydrogen) atoms. The minimum atomic E-state index is -1.26. The summed E-state index contributed by atoms with van der Waals surface area (Å²) in [5, 5.41) is 11.4. The highest BCUT2D eigenvalue weighted by molar-refractivity contribution is 5.18. The zero-order valence-electron chi connectivity index (χ0n) is 18.2. The van der Waals surface area contributed by atoms with Crippen molar-refractivity contribution in [1.82, 2.24) is 4.90 Å². The first kappa shape index (κ1) is 21.5. The molecule has 162 valence electrons. The molecule has 5 nitrogen and oxygen atoms in total. The smallest absolute Gasteiger partial charge is 0.302 e. The number of aliphatic hydroxyl groups is 1. The minimum Gasteiger partial charge on any atom is -0.391 e. The van der Waals surface area contributed by atoms with Crippen LogP contribution in [0.2, 0.25) is 0 Å². The maximum atomic E-state index is 11.4. The van der Waals surface area contributed by atoms with E-state index < -0.39 is 18.1 Å². The molecule has 0 aromatic heterocycles. The molecule has 0 spiro atoms. The van der Waals surface area contributed by atoms with Crippen molar-refractivity contribution >= 4 is 0 Å². The van der Waals surface area contributed by atoms with Gasteiger partial charge in [-0.3, -0.25) is 4.90 Å². The summed E-state index contributed by atoms with van der Waals surface area (Å²) in [6.45, 7) is 9.16. The standard InChI is InChI=1S/C25H33NO4/c1-19(2)22(27)23(25-28-16-24(3,17-29-25)18-30-25)26(14-20-10-6-4-7-11-20)15-21-12-8-5-9-13-21/h4-13,19,22-23,27H,14-18H2,1-3H3/t22-,23+,24?,25?/m1/s1. The largest absolute Gasteiger partial charge is 0.391 e. The molecule has 0 unspecified atom stereocenters. The second-order valence-electron chi connectivity index (χ2n) is 9.34. The van der Waals surface area contributed by atoms with E-state index in [1.807, 2.05) is 50.2 Å². The van der Waals surface area contributed by atoms with Crippen molar-refractivity contribution in [2.45, 2.75) is 52.0 Å². The van der Waals surface area contributed by atoms with E-state index >= 15 is 0 Å². The maximum Gasteiger partial charge on any atom is 0.302 e. The van der Waals surface area contributed by atoms with Gasteiger partial charge in [0.15, 0.2) is 0 Å². The van der Waals surface area contributed by atoms with E-state index in [1.165, 1.54) is 11.1 Å². The van der Waals surface area contributed by atoms with Crippen molar-refractivity contribution in [2.75, 3.05) is 19.8 Å². The fourth-order valence-corrected chi connectivity index (χ4v) is 4.23. The van der Waals surface area contributed by atoms with E-state index in [-0.39, 0.29) is 11.3 Å². The Morgan fingerprint density at radius 1 is 0.833 bits per heavy atom. The number of fused-ring (bicyclic) bond motifs is 3. The Morgan fingerprint density at radius 3 is 1.67 bits per heavy atom. The normalized spacial score (nSPS) is 28.1. The number of aliphatic hydroxyl groups excluding tert-OH is 1. The van der Waals surface area contributed by atoms with Crippen LogP contribution in [0.3, 0.4) is 0 Å². The van der Waals surface area contributed by atoms with Crippen LogP contribution in [0.5, 0.6) is 0 Å². The third-order valence-corrected chi connectivity index (χ3v) is 6.08. The molecule has 5 heteroatoms. The first-order valence-corrected chi connectivity index (χ1v) is 10.8. The molecule has 5 rings (SSSR count). The highest BCUT2D eigenvalue weighted by atomic mass is 16.9. The van der Waals surface area contributed by atoms with Gasteiger partial charge in [-0.15, -0.1) is 0 Å². The number of hydrogen-bond donors (Lipinski definition) is 1. The van der Waals surface area contributed by atoms with E-state index in [0.29, 0.717) is 32.9 Å². The molecular weight excluding hydrogens is 378 g/mol. The lowest BCUT2D eigenvalue weighted by Gasteiger charge is -2.56. The molecule has 3 saturated heterocycles. The molecule has 3 aliphatic rings. The predicted molar refractivity (Wildman–Crippen MR) is 115 cm³/mol. The van der Waals surface area contributed by atoms with Crippen LogP contribution < -0.4 is 0 Å². The summed E-state index contributed by atoms with van der Waals surface area (Å²) < 4.78 is 18.6. The first-order valence-electron chi connectivity index (χ1n) is 10.8. The van der Waals surface area contributed by atoms with E-state index in [9.17, 15) is 5.11 Å². The number of rotatable bonds is 8. The molecule has 0 aliphatic carbocycles. The average molecular weight is 412 g/mol. The predicted octanol–water partition coefficient (Wildman–Crippen LogP) is 3.81. The molecule has 0 saturated carbocycles. The molecule has 2 aromatic rings. The van der Waals surface area contributed by atoms with Crippen molar-refractivity contribution in [3.8, 4) is 0 Å². The average Bonchev–Trinajstić information content (AvgIpc) is 2.76. The SMILES string of the molecule is CC(C)[C@@H](O)[C@H](N(Cc1ccccc1)Cc1ccccc1)C12OCC(C)(CO1)CO2. The van der Waals surface area contributed by atoms with Gasteiger partial charge in [-0.1, -0.05) is 81.4 Å². The zero-order chi connectivity index (χ0) is 21.2. The fourth-order valence-electron chi connectivity index (χ4n) is 4.23. The first-order chi connectivity index (χ1) is 14.4. The van der Waals surface area contributed by atoms with Gasteiger partial charge in [0.1, 0.15) is 6.04 Å². The molecule has 0 radical (unpaired) electrons. The highest BCUT2D eigenvalue weighted by Crippen LogP contribution is 2.43. The van der Waals surface area contributed by atoms with Gasteiger partial charge in [0.25, 0.3) is 0 Å². The number of nitrogens with zero attached hydrogens (tertiary/aromatic N) is 1. The van der Waals surface area contributed by atoms with Gasteiger partial charge in [-0.05, 0) is 17.0 Å². The van der Waals surface area contributed by atoms with E-state index in [0.717, 1.165) is 0 Å². The van der Waals surface area contributed by atoms with Crippen molar-refractivity contribution < 1.29 is 19.3 Å². The lowest BCUT2D eigenvalue weighted by Crippen LogP contribution is -2.70. The fraction of sp³-hybridized carbons (Fsp3) is 0.520. The maximum absolute atomic E-state index is 11.4. The van der Waals surface area contributed by atoms with Crippen molar-refractivity contribution in [1.29, 1.82) is 0 Å². The van der Waals surface area contributed by atoms with Gasteiger partial charge in [0.05, 0.1) is 25.9 Å². The molecule has 2 bridgehead atoms. The third kappa shape index (κ3) is 4.46. The number of hydrogen-bond acceptors (Lipinski definition) is 5. The summed E-state index contributed by atoms with van der Waals surface area (Å²) in [5.74, 6) is -1.24. The summed E-state index contributed by atoms with van der Waals surface area (Å²) in [7, 11) is 0. The Kier molecular flexibility index (Phi) is 6.28. The summed E-state index contributed by atoms with van der Waals surface area (Å²) >= 11 is 0. The summed E-state index contributed by atoms with van der Waals surface area (Å²) in [6, 6.07) is 20.2. The molecule has 2 atom stereocenters.